The maximum atomic E-state index is 12.2. The van der Waals surface area contributed by atoms with Crippen molar-refractivity contribution < 1.29 is 8.42 Å². The van der Waals surface area contributed by atoms with Crippen molar-refractivity contribution in [1.29, 1.82) is 0 Å². The smallest absolute Gasteiger partial charge is 0.193 e. The molecule has 0 aliphatic carbocycles. The van der Waals surface area contributed by atoms with Gasteiger partial charge in [0.05, 0.1) is 11.5 Å². The molecule has 5 nitrogen and oxygen atoms in total. The van der Waals surface area contributed by atoms with Crippen LogP contribution in [0, 0.1) is 0 Å². The van der Waals surface area contributed by atoms with Gasteiger partial charge in [-0.2, -0.15) is 0 Å². The third-order valence-electron chi connectivity index (χ3n) is 3.98. The van der Waals surface area contributed by atoms with E-state index in [0.717, 1.165) is 18.1 Å². The summed E-state index contributed by atoms with van der Waals surface area (Å²) < 4.78 is 24.4. The van der Waals surface area contributed by atoms with Crippen molar-refractivity contribution in [2.24, 2.45) is 4.99 Å². The van der Waals surface area contributed by atoms with Crippen molar-refractivity contribution in [3.63, 3.8) is 0 Å². The van der Waals surface area contributed by atoms with Crippen LogP contribution in [0.5, 0.6) is 0 Å². The maximum Gasteiger partial charge on any atom is 0.193 e. The van der Waals surface area contributed by atoms with Crippen LogP contribution < -0.4 is 5.32 Å². The lowest BCUT2D eigenvalue weighted by Crippen LogP contribution is -2.39. The Morgan fingerprint density at radius 2 is 1.58 bits per heavy atom. The van der Waals surface area contributed by atoms with E-state index in [1.54, 1.807) is 7.05 Å². The molecular formula is C20H27N3O2S. The summed E-state index contributed by atoms with van der Waals surface area (Å²) in [4.78, 5) is 6.29. The maximum absolute atomic E-state index is 12.2. The quantitative estimate of drug-likeness (QED) is 0.439. The molecule has 0 saturated carbocycles. The van der Waals surface area contributed by atoms with Crippen LogP contribution >= 0.6 is 0 Å². The monoisotopic (exact) mass is 373 g/mol. The number of benzene rings is 2. The van der Waals surface area contributed by atoms with Gasteiger partial charge in [0.2, 0.25) is 0 Å². The molecule has 0 saturated heterocycles. The Morgan fingerprint density at radius 3 is 2.15 bits per heavy atom. The van der Waals surface area contributed by atoms with Crippen LogP contribution in [0.3, 0.4) is 0 Å². The molecule has 0 fully saturated rings. The summed E-state index contributed by atoms with van der Waals surface area (Å²) in [7, 11) is 0.597. The molecule has 2 aromatic carbocycles. The highest BCUT2D eigenvalue weighted by Crippen LogP contribution is 2.07. The second-order valence-electron chi connectivity index (χ2n) is 6.25. The average molecular weight is 374 g/mol. The first-order valence-corrected chi connectivity index (χ1v) is 10.5. The summed E-state index contributed by atoms with van der Waals surface area (Å²) in [5.41, 5.74) is 2.03. The van der Waals surface area contributed by atoms with Crippen LogP contribution in [0.4, 0.5) is 0 Å². The van der Waals surface area contributed by atoms with Gasteiger partial charge in [0, 0.05) is 27.2 Å². The summed E-state index contributed by atoms with van der Waals surface area (Å²) >= 11 is 0. The van der Waals surface area contributed by atoms with Gasteiger partial charge in [0.25, 0.3) is 0 Å². The lowest BCUT2D eigenvalue weighted by atomic mass is 10.2. The largest absolute Gasteiger partial charge is 0.356 e. The van der Waals surface area contributed by atoms with Crippen molar-refractivity contribution in [3.05, 3.63) is 71.8 Å². The predicted octanol–water partition coefficient (Wildman–Crippen LogP) is 2.70. The Hall–Kier alpha value is -2.34. The molecule has 140 valence electrons. The van der Waals surface area contributed by atoms with E-state index < -0.39 is 9.84 Å². The van der Waals surface area contributed by atoms with Crippen LogP contribution in [0.2, 0.25) is 0 Å². The summed E-state index contributed by atoms with van der Waals surface area (Å²) in [5, 5.41) is 3.24. The number of guanidine groups is 1. The molecule has 0 atom stereocenters. The van der Waals surface area contributed by atoms with E-state index in [1.165, 1.54) is 5.56 Å². The third-order valence-corrected chi connectivity index (χ3v) is 5.66. The molecule has 0 amide bonds. The van der Waals surface area contributed by atoms with Gasteiger partial charge in [0.1, 0.15) is 0 Å². The molecule has 6 heteroatoms. The lowest BCUT2D eigenvalue weighted by molar-refractivity contribution is 0.476. The highest BCUT2D eigenvalue weighted by molar-refractivity contribution is 7.90. The van der Waals surface area contributed by atoms with Crippen molar-refractivity contribution in [3.8, 4) is 0 Å². The van der Waals surface area contributed by atoms with Gasteiger partial charge in [-0.05, 0) is 17.5 Å². The number of nitrogens with zero attached hydrogens (tertiary/aromatic N) is 2. The molecule has 0 radical (unpaired) electrons. The minimum Gasteiger partial charge on any atom is -0.356 e. The number of rotatable bonds is 8. The fourth-order valence-electron chi connectivity index (χ4n) is 2.71. The van der Waals surface area contributed by atoms with Gasteiger partial charge in [-0.1, -0.05) is 60.7 Å². The fourth-order valence-corrected chi connectivity index (χ4v) is 4.14. The second-order valence-corrected chi connectivity index (χ2v) is 8.43. The first-order chi connectivity index (χ1) is 12.5. The summed E-state index contributed by atoms with van der Waals surface area (Å²) in [6, 6.07) is 19.4. The molecule has 0 aliphatic rings. The Morgan fingerprint density at radius 1 is 1.00 bits per heavy atom. The van der Waals surface area contributed by atoms with Crippen LogP contribution in [-0.2, 0) is 22.1 Å². The number of hydrogen-bond donors (Lipinski definition) is 1. The van der Waals surface area contributed by atoms with Crippen molar-refractivity contribution in [2.75, 3.05) is 26.4 Å². The first-order valence-electron chi connectivity index (χ1n) is 8.70. The van der Waals surface area contributed by atoms with Gasteiger partial charge in [-0.25, -0.2) is 8.42 Å². The lowest BCUT2D eigenvalue weighted by Gasteiger charge is -2.22. The van der Waals surface area contributed by atoms with Gasteiger partial charge < -0.3 is 10.2 Å². The van der Waals surface area contributed by atoms with Gasteiger partial charge in [0.15, 0.2) is 15.8 Å². The Balaban J connectivity index is 1.76. The zero-order chi connectivity index (χ0) is 18.8. The topological polar surface area (TPSA) is 61.8 Å². The van der Waals surface area contributed by atoms with Crippen molar-refractivity contribution >= 4 is 15.8 Å². The van der Waals surface area contributed by atoms with E-state index in [9.17, 15) is 8.42 Å². The van der Waals surface area contributed by atoms with E-state index in [2.05, 4.69) is 22.4 Å². The first kappa shape index (κ1) is 20.0. The molecule has 2 aromatic rings. The fraction of sp³-hybridized carbons (Fsp3) is 0.350. The number of hydrogen-bond acceptors (Lipinski definition) is 3. The van der Waals surface area contributed by atoms with E-state index in [4.69, 9.17) is 0 Å². The second kappa shape index (κ2) is 9.97. The molecule has 0 unspecified atom stereocenters. The third kappa shape index (κ3) is 6.88. The van der Waals surface area contributed by atoms with E-state index in [-0.39, 0.29) is 11.5 Å². The Labute approximate surface area is 156 Å². The Kier molecular flexibility index (Phi) is 7.66. The minimum atomic E-state index is -3.10. The molecule has 0 aromatic heterocycles. The molecule has 26 heavy (non-hydrogen) atoms. The minimum absolute atomic E-state index is 0.0937. The van der Waals surface area contributed by atoms with E-state index in [1.807, 2.05) is 60.5 Å². The molecule has 1 N–H and O–H groups in total. The highest BCUT2D eigenvalue weighted by Gasteiger charge is 2.12. The van der Waals surface area contributed by atoms with Gasteiger partial charge in [-0.15, -0.1) is 0 Å². The normalized spacial score (nSPS) is 12.0. The van der Waals surface area contributed by atoms with Gasteiger partial charge in [-0.3, -0.25) is 4.99 Å². The SMILES string of the molecule is CN=C(NCCCS(=O)(=O)Cc1ccccc1)N(C)Cc1ccccc1. The van der Waals surface area contributed by atoms with E-state index in [0.29, 0.717) is 13.0 Å². The van der Waals surface area contributed by atoms with E-state index >= 15 is 0 Å². The molecule has 2 rings (SSSR count). The summed E-state index contributed by atoms with van der Waals surface area (Å²) in [6.07, 6.45) is 0.549. The van der Waals surface area contributed by atoms with Crippen LogP contribution in [-0.4, -0.2) is 45.7 Å². The number of sulfone groups is 1. The van der Waals surface area contributed by atoms with Crippen LogP contribution in [0.1, 0.15) is 17.5 Å². The summed E-state index contributed by atoms with van der Waals surface area (Å²) in [6.45, 7) is 1.31. The highest BCUT2D eigenvalue weighted by atomic mass is 32.2. The molecule has 0 bridgehead atoms. The molecule has 0 aliphatic heterocycles. The van der Waals surface area contributed by atoms with Crippen molar-refractivity contribution in [1.82, 2.24) is 10.2 Å². The standard InChI is InChI=1S/C20H27N3O2S/c1-21-20(23(2)16-18-10-5-3-6-11-18)22-14-9-15-26(24,25)17-19-12-7-4-8-13-19/h3-8,10-13H,9,14-17H2,1-2H3,(H,21,22). The summed E-state index contributed by atoms with van der Waals surface area (Å²) in [5.74, 6) is 1.01. The Bertz CT molecular complexity index is 790. The zero-order valence-electron chi connectivity index (χ0n) is 15.4. The predicted molar refractivity (Wildman–Crippen MR) is 108 cm³/mol. The number of aliphatic imine (C=N–C) groups is 1. The molecular weight excluding hydrogens is 346 g/mol. The van der Waals surface area contributed by atoms with Crippen LogP contribution in [0.15, 0.2) is 65.7 Å². The molecule has 0 spiro atoms. The average Bonchev–Trinajstić information content (AvgIpc) is 2.63. The van der Waals surface area contributed by atoms with Crippen LogP contribution in [0.25, 0.3) is 0 Å². The van der Waals surface area contributed by atoms with Crippen molar-refractivity contribution in [2.45, 2.75) is 18.7 Å². The zero-order valence-corrected chi connectivity index (χ0v) is 16.2. The number of nitrogens with one attached hydrogen (secondary N) is 1. The van der Waals surface area contributed by atoms with Gasteiger partial charge >= 0.3 is 0 Å². The molecule has 0 heterocycles.